The SMILES string of the molecule is Cc1cc(C(=O)NCCc2ccc(Br)s2)sc1C#CCO. The van der Waals surface area contributed by atoms with Crippen LogP contribution in [0.4, 0.5) is 0 Å². The summed E-state index contributed by atoms with van der Waals surface area (Å²) >= 11 is 6.46. The monoisotopic (exact) mass is 383 g/mol. The zero-order valence-corrected chi connectivity index (χ0v) is 14.6. The van der Waals surface area contributed by atoms with E-state index >= 15 is 0 Å². The quantitative estimate of drug-likeness (QED) is 0.796. The molecule has 0 saturated carbocycles. The van der Waals surface area contributed by atoms with E-state index < -0.39 is 0 Å². The summed E-state index contributed by atoms with van der Waals surface area (Å²) in [4.78, 5) is 14.8. The van der Waals surface area contributed by atoms with Crippen molar-refractivity contribution in [2.75, 3.05) is 13.2 Å². The number of aliphatic hydroxyl groups is 1. The zero-order chi connectivity index (χ0) is 15.2. The van der Waals surface area contributed by atoms with Crippen molar-refractivity contribution in [3.63, 3.8) is 0 Å². The van der Waals surface area contributed by atoms with Gasteiger partial charge in [0, 0.05) is 11.4 Å². The van der Waals surface area contributed by atoms with Crippen LogP contribution in [0.1, 0.15) is 25.0 Å². The van der Waals surface area contributed by atoms with Gasteiger partial charge in [-0.3, -0.25) is 4.79 Å². The molecule has 6 heteroatoms. The lowest BCUT2D eigenvalue weighted by Gasteiger charge is -2.01. The highest BCUT2D eigenvalue weighted by molar-refractivity contribution is 9.11. The molecule has 2 aromatic heterocycles. The fourth-order valence-corrected chi connectivity index (χ4v) is 4.16. The smallest absolute Gasteiger partial charge is 0.261 e. The Balaban J connectivity index is 1.91. The largest absolute Gasteiger partial charge is 0.384 e. The molecule has 2 rings (SSSR count). The topological polar surface area (TPSA) is 49.3 Å². The van der Waals surface area contributed by atoms with Gasteiger partial charge in [-0.05, 0) is 53.0 Å². The Labute approximate surface area is 140 Å². The Morgan fingerprint density at radius 1 is 1.43 bits per heavy atom. The summed E-state index contributed by atoms with van der Waals surface area (Å²) in [7, 11) is 0. The molecule has 0 atom stereocenters. The number of aliphatic hydroxyl groups excluding tert-OH is 1. The second-order valence-corrected chi connectivity index (χ2v) is 7.89. The number of amides is 1. The minimum absolute atomic E-state index is 0.0734. The van der Waals surface area contributed by atoms with E-state index in [4.69, 9.17) is 5.11 Å². The van der Waals surface area contributed by atoms with Crippen molar-refractivity contribution in [2.24, 2.45) is 0 Å². The van der Waals surface area contributed by atoms with Gasteiger partial charge in [0.05, 0.1) is 13.5 Å². The molecule has 1 amide bonds. The molecule has 0 bridgehead atoms. The third kappa shape index (κ3) is 4.68. The van der Waals surface area contributed by atoms with Crippen LogP contribution < -0.4 is 5.32 Å². The number of halogens is 1. The number of nitrogens with one attached hydrogen (secondary N) is 1. The summed E-state index contributed by atoms with van der Waals surface area (Å²) in [5, 5.41) is 11.6. The lowest BCUT2D eigenvalue weighted by Crippen LogP contribution is -2.24. The van der Waals surface area contributed by atoms with E-state index in [0.29, 0.717) is 11.4 Å². The summed E-state index contributed by atoms with van der Waals surface area (Å²) in [5.41, 5.74) is 0.966. The molecule has 0 aliphatic carbocycles. The highest BCUT2D eigenvalue weighted by Gasteiger charge is 2.11. The molecule has 110 valence electrons. The van der Waals surface area contributed by atoms with Gasteiger partial charge in [-0.1, -0.05) is 11.8 Å². The minimum atomic E-state index is -0.171. The first-order valence-electron chi connectivity index (χ1n) is 6.32. The van der Waals surface area contributed by atoms with Crippen LogP contribution in [-0.4, -0.2) is 24.2 Å². The van der Waals surface area contributed by atoms with Gasteiger partial charge in [0.1, 0.15) is 6.61 Å². The van der Waals surface area contributed by atoms with E-state index in [0.717, 1.165) is 20.6 Å². The standard InChI is InChI=1S/C15H14BrNO2S2/c1-10-9-13(21-12(10)3-2-8-18)15(19)17-7-6-11-4-5-14(16)20-11/h4-5,9,18H,6-8H2,1H3,(H,17,19). The van der Waals surface area contributed by atoms with Gasteiger partial charge in [-0.2, -0.15) is 0 Å². The predicted octanol–water partition coefficient (Wildman–Crippen LogP) is 3.20. The van der Waals surface area contributed by atoms with Gasteiger partial charge < -0.3 is 10.4 Å². The van der Waals surface area contributed by atoms with Crippen molar-refractivity contribution in [1.82, 2.24) is 5.32 Å². The maximum atomic E-state index is 12.1. The van der Waals surface area contributed by atoms with Crippen molar-refractivity contribution < 1.29 is 9.90 Å². The molecular weight excluding hydrogens is 370 g/mol. The number of aryl methyl sites for hydroxylation is 1. The van der Waals surface area contributed by atoms with E-state index in [1.165, 1.54) is 16.2 Å². The molecule has 21 heavy (non-hydrogen) atoms. The van der Waals surface area contributed by atoms with Crippen LogP contribution in [0.15, 0.2) is 22.0 Å². The lowest BCUT2D eigenvalue weighted by molar-refractivity contribution is 0.0958. The molecule has 0 saturated heterocycles. The summed E-state index contributed by atoms with van der Waals surface area (Å²) in [6.07, 6.45) is 0.823. The van der Waals surface area contributed by atoms with Crippen molar-refractivity contribution in [3.05, 3.63) is 42.2 Å². The maximum absolute atomic E-state index is 12.1. The number of carbonyl (C=O) groups excluding carboxylic acids is 1. The van der Waals surface area contributed by atoms with E-state index in [9.17, 15) is 4.79 Å². The normalized spacial score (nSPS) is 10.0. The van der Waals surface area contributed by atoms with E-state index in [2.05, 4.69) is 39.2 Å². The average molecular weight is 384 g/mol. The molecule has 0 spiro atoms. The Hall–Kier alpha value is -1.13. The number of rotatable bonds is 4. The van der Waals surface area contributed by atoms with E-state index in [1.807, 2.05) is 19.1 Å². The number of hydrogen-bond acceptors (Lipinski definition) is 4. The van der Waals surface area contributed by atoms with Gasteiger partial charge in [-0.25, -0.2) is 0 Å². The molecule has 2 aromatic rings. The van der Waals surface area contributed by atoms with Crippen LogP contribution in [-0.2, 0) is 6.42 Å². The first-order chi connectivity index (χ1) is 10.1. The third-order valence-corrected chi connectivity index (χ3v) is 5.54. The van der Waals surface area contributed by atoms with Gasteiger partial charge in [-0.15, -0.1) is 22.7 Å². The zero-order valence-electron chi connectivity index (χ0n) is 11.4. The Morgan fingerprint density at radius 3 is 2.90 bits per heavy atom. The van der Waals surface area contributed by atoms with Gasteiger partial charge in [0.25, 0.3) is 5.91 Å². The van der Waals surface area contributed by atoms with E-state index in [1.54, 1.807) is 11.3 Å². The van der Waals surface area contributed by atoms with Crippen molar-refractivity contribution in [1.29, 1.82) is 0 Å². The maximum Gasteiger partial charge on any atom is 0.261 e. The minimum Gasteiger partial charge on any atom is -0.384 e. The molecule has 0 radical (unpaired) electrons. The summed E-state index contributed by atoms with van der Waals surface area (Å²) in [6.45, 7) is 2.35. The van der Waals surface area contributed by atoms with Crippen LogP contribution >= 0.6 is 38.6 Å². The molecule has 0 aliphatic heterocycles. The summed E-state index contributed by atoms with van der Waals surface area (Å²) < 4.78 is 1.10. The molecule has 0 unspecified atom stereocenters. The Kier molecular flexibility index (Phi) is 6.00. The summed E-state index contributed by atoms with van der Waals surface area (Å²) in [5.74, 6) is 5.39. The molecule has 0 fully saturated rings. The van der Waals surface area contributed by atoms with Crippen LogP contribution in [0.25, 0.3) is 0 Å². The molecule has 2 heterocycles. The van der Waals surface area contributed by atoms with Gasteiger partial charge in [0.2, 0.25) is 0 Å². The predicted molar refractivity (Wildman–Crippen MR) is 91.1 cm³/mol. The molecule has 0 aromatic carbocycles. The van der Waals surface area contributed by atoms with Gasteiger partial charge in [0.15, 0.2) is 0 Å². The van der Waals surface area contributed by atoms with Crippen molar-refractivity contribution >= 4 is 44.5 Å². The highest BCUT2D eigenvalue weighted by Crippen LogP contribution is 2.23. The lowest BCUT2D eigenvalue weighted by atomic mass is 10.2. The molecule has 0 aliphatic rings. The van der Waals surface area contributed by atoms with Crippen LogP contribution in [0.5, 0.6) is 0 Å². The highest BCUT2D eigenvalue weighted by atomic mass is 79.9. The Bertz CT molecular complexity index is 694. The number of hydrogen-bond donors (Lipinski definition) is 2. The van der Waals surface area contributed by atoms with E-state index in [-0.39, 0.29) is 12.5 Å². The molecule has 3 nitrogen and oxygen atoms in total. The fraction of sp³-hybridized carbons (Fsp3) is 0.267. The Morgan fingerprint density at radius 2 is 2.24 bits per heavy atom. The summed E-state index contributed by atoms with van der Waals surface area (Å²) in [6, 6.07) is 5.90. The molecular formula is C15H14BrNO2S2. The van der Waals surface area contributed by atoms with Crippen molar-refractivity contribution in [3.8, 4) is 11.8 Å². The fourth-order valence-electron chi connectivity index (χ4n) is 1.71. The van der Waals surface area contributed by atoms with Crippen LogP contribution in [0, 0.1) is 18.8 Å². The van der Waals surface area contributed by atoms with Gasteiger partial charge >= 0.3 is 0 Å². The van der Waals surface area contributed by atoms with Crippen LogP contribution in [0.3, 0.4) is 0 Å². The van der Waals surface area contributed by atoms with Crippen molar-refractivity contribution in [2.45, 2.75) is 13.3 Å². The van der Waals surface area contributed by atoms with Crippen LogP contribution in [0.2, 0.25) is 0 Å². The number of carbonyl (C=O) groups is 1. The first-order valence-corrected chi connectivity index (χ1v) is 8.75. The third-order valence-electron chi connectivity index (χ3n) is 2.71. The second-order valence-electron chi connectivity index (χ2n) is 4.29. The second kappa shape index (κ2) is 7.76. The molecule has 2 N–H and O–H groups in total. The average Bonchev–Trinajstić information content (AvgIpc) is 3.03. The first kappa shape index (κ1) is 16.2. The number of thiophene rings is 2.